The first-order valence-electron chi connectivity index (χ1n) is 12.1. The van der Waals surface area contributed by atoms with Gasteiger partial charge in [-0.1, -0.05) is 19.9 Å². The van der Waals surface area contributed by atoms with Gasteiger partial charge in [-0.15, -0.1) is 0 Å². The van der Waals surface area contributed by atoms with Gasteiger partial charge in [0, 0.05) is 47.0 Å². The van der Waals surface area contributed by atoms with E-state index in [1.807, 2.05) is 13.0 Å². The van der Waals surface area contributed by atoms with Gasteiger partial charge in [-0.05, 0) is 62.4 Å². The zero-order chi connectivity index (χ0) is 26.1. The zero-order valence-corrected chi connectivity index (χ0v) is 22.0. The molecule has 2 aromatic heterocycles. The molecule has 0 bridgehead atoms. The third-order valence-electron chi connectivity index (χ3n) is 6.09. The summed E-state index contributed by atoms with van der Waals surface area (Å²) in [6, 6.07) is 9.41. The molecule has 0 aliphatic carbocycles. The molecule has 3 heterocycles. The molecule has 3 aromatic rings. The van der Waals surface area contributed by atoms with Crippen molar-refractivity contribution in [1.29, 1.82) is 0 Å². The summed E-state index contributed by atoms with van der Waals surface area (Å²) >= 11 is 0. The van der Waals surface area contributed by atoms with Crippen LogP contribution in [0.3, 0.4) is 0 Å². The van der Waals surface area contributed by atoms with E-state index in [0.717, 1.165) is 30.5 Å². The van der Waals surface area contributed by atoms with Crippen molar-refractivity contribution in [2.75, 3.05) is 17.7 Å². The maximum atomic E-state index is 12.9. The quantitative estimate of drug-likeness (QED) is 0.409. The Bertz CT molecular complexity index is 1140. The summed E-state index contributed by atoms with van der Waals surface area (Å²) in [6.45, 7) is 6.63. The van der Waals surface area contributed by atoms with E-state index in [4.69, 9.17) is 4.74 Å². The molecule has 1 aliphatic heterocycles. The fourth-order valence-electron chi connectivity index (χ4n) is 3.97. The van der Waals surface area contributed by atoms with Crippen LogP contribution in [0.2, 0.25) is 0 Å². The molecule has 1 fully saturated rings. The molecular weight excluding hydrogens is 479 g/mol. The molecule has 0 saturated carbocycles. The van der Waals surface area contributed by atoms with Crippen molar-refractivity contribution in [2.24, 2.45) is 5.92 Å². The fraction of sp³-hybridized carbons (Fsp3) is 0.407. The van der Waals surface area contributed by atoms with Crippen LogP contribution in [0.25, 0.3) is 0 Å². The lowest BCUT2D eigenvalue weighted by Gasteiger charge is -2.16. The normalized spacial score (nSPS) is 16.0. The minimum Gasteiger partial charge on any atom is -0.439 e. The number of aryl methyl sites for hydroxylation is 1. The highest BCUT2D eigenvalue weighted by atomic mass is 32.2. The monoisotopic (exact) mass is 512 g/mol. The van der Waals surface area contributed by atoms with Gasteiger partial charge in [-0.25, -0.2) is 19.3 Å². The van der Waals surface area contributed by atoms with Crippen LogP contribution < -0.4 is 9.64 Å². The molecule has 4 rings (SSSR count). The predicted molar refractivity (Wildman–Crippen MR) is 140 cm³/mol. The number of hydrogen-bond donors (Lipinski definition) is 0. The number of halogens is 1. The minimum absolute atomic E-state index is 0.0825. The van der Waals surface area contributed by atoms with E-state index in [1.54, 1.807) is 47.9 Å². The summed E-state index contributed by atoms with van der Waals surface area (Å²) in [5.74, 6) is 1.30. The second-order valence-electron chi connectivity index (χ2n) is 8.67. The van der Waals surface area contributed by atoms with Crippen LogP contribution in [0.1, 0.15) is 44.5 Å². The van der Waals surface area contributed by atoms with E-state index < -0.39 is 10.8 Å². The molecule has 2 atom stereocenters. The van der Waals surface area contributed by atoms with Crippen molar-refractivity contribution in [3.63, 3.8) is 0 Å². The Balaban J connectivity index is 0.000000392. The number of carbonyl (C=O) groups excluding carboxylic acids is 1. The third kappa shape index (κ3) is 7.65. The van der Waals surface area contributed by atoms with E-state index in [1.165, 1.54) is 12.1 Å². The molecular formula is C27H33FN4O3S. The van der Waals surface area contributed by atoms with Crippen LogP contribution in [-0.2, 0) is 22.0 Å². The largest absolute Gasteiger partial charge is 0.439 e. The summed E-state index contributed by atoms with van der Waals surface area (Å²) in [6.07, 6.45) is 10.3. The third-order valence-corrected chi connectivity index (χ3v) is 7.70. The molecule has 192 valence electrons. The van der Waals surface area contributed by atoms with Gasteiger partial charge in [-0.3, -0.25) is 9.00 Å². The minimum atomic E-state index is -0.603. The van der Waals surface area contributed by atoms with Crippen molar-refractivity contribution < 1.29 is 18.1 Å². The fourth-order valence-corrected chi connectivity index (χ4v) is 4.91. The highest BCUT2D eigenvalue weighted by molar-refractivity contribution is 7.84. The van der Waals surface area contributed by atoms with Crippen molar-refractivity contribution in [2.45, 2.75) is 51.7 Å². The lowest BCUT2D eigenvalue weighted by molar-refractivity contribution is -0.120. The Hall–Kier alpha value is -3.20. The standard InChI is InChI=1S/C21H19FN4O2.C6H14OS/c1-14-23-12-18(13-24-14)26-9-8-16(21(26)27)10-15-2-7-20(25-11-15)28-19-5-3-17(22)4-6-19;1-4-6(5-2)8(3)7/h2-7,11-13,16H,8-10H2,1H3;6H,4-5H2,1-3H3/t16-;/m0./s1. The summed E-state index contributed by atoms with van der Waals surface area (Å²) in [4.78, 5) is 27.1. The molecule has 36 heavy (non-hydrogen) atoms. The Morgan fingerprint density at radius 3 is 2.25 bits per heavy atom. The maximum absolute atomic E-state index is 12.9. The van der Waals surface area contributed by atoms with Gasteiger partial charge in [0.05, 0.1) is 18.1 Å². The lowest BCUT2D eigenvalue weighted by atomic mass is 9.99. The van der Waals surface area contributed by atoms with Gasteiger partial charge >= 0.3 is 0 Å². The first-order chi connectivity index (χ1) is 17.3. The Labute approximate surface area is 214 Å². The number of benzene rings is 1. The second kappa shape index (κ2) is 13.2. The second-order valence-corrected chi connectivity index (χ2v) is 10.3. The average molecular weight is 513 g/mol. The molecule has 0 spiro atoms. The van der Waals surface area contributed by atoms with Crippen LogP contribution in [0.5, 0.6) is 11.6 Å². The van der Waals surface area contributed by atoms with E-state index in [9.17, 15) is 13.4 Å². The number of carbonyl (C=O) groups is 1. The van der Waals surface area contributed by atoms with Crippen molar-refractivity contribution in [3.05, 3.63) is 72.2 Å². The van der Waals surface area contributed by atoms with Gasteiger partial charge in [0.2, 0.25) is 11.8 Å². The molecule has 1 saturated heterocycles. The van der Waals surface area contributed by atoms with E-state index in [2.05, 4.69) is 28.8 Å². The summed E-state index contributed by atoms with van der Waals surface area (Å²) in [5.41, 5.74) is 1.70. The van der Waals surface area contributed by atoms with E-state index >= 15 is 0 Å². The topological polar surface area (TPSA) is 85.3 Å². The van der Waals surface area contributed by atoms with Gasteiger partial charge in [0.1, 0.15) is 17.4 Å². The Morgan fingerprint density at radius 2 is 1.72 bits per heavy atom. The van der Waals surface area contributed by atoms with Crippen LogP contribution >= 0.6 is 0 Å². The van der Waals surface area contributed by atoms with E-state index in [0.29, 0.717) is 35.7 Å². The number of amides is 1. The number of hydrogen-bond acceptors (Lipinski definition) is 6. The predicted octanol–water partition coefficient (Wildman–Crippen LogP) is 5.26. The lowest BCUT2D eigenvalue weighted by Crippen LogP contribution is -2.28. The molecule has 0 radical (unpaired) electrons. The highest BCUT2D eigenvalue weighted by Crippen LogP contribution is 2.27. The van der Waals surface area contributed by atoms with Crippen LogP contribution in [0, 0.1) is 18.7 Å². The Kier molecular flexibility index (Phi) is 10.0. The first kappa shape index (κ1) is 27.4. The molecule has 1 amide bonds. The number of anilines is 1. The SMILES string of the molecule is CCC(CC)S(C)=O.Cc1ncc(N2CC[C@@H](Cc3ccc(Oc4ccc(F)cc4)nc3)C2=O)cn1. The smallest absolute Gasteiger partial charge is 0.230 e. The van der Waals surface area contributed by atoms with Crippen LogP contribution in [-0.4, -0.2) is 43.1 Å². The first-order valence-corrected chi connectivity index (χ1v) is 13.7. The molecule has 9 heteroatoms. The molecule has 7 nitrogen and oxygen atoms in total. The summed E-state index contributed by atoms with van der Waals surface area (Å²) < 4.78 is 29.3. The maximum Gasteiger partial charge on any atom is 0.230 e. The summed E-state index contributed by atoms with van der Waals surface area (Å²) in [7, 11) is -0.603. The molecule has 0 N–H and O–H groups in total. The summed E-state index contributed by atoms with van der Waals surface area (Å²) in [5, 5.41) is 0.426. The number of rotatable bonds is 8. The van der Waals surface area contributed by atoms with Gasteiger partial charge in [0.25, 0.3) is 0 Å². The van der Waals surface area contributed by atoms with E-state index in [-0.39, 0.29) is 17.6 Å². The van der Waals surface area contributed by atoms with Crippen molar-refractivity contribution >= 4 is 22.4 Å². The van der Waals surface area contributed by atoms with Crippen LogP contribution in [0.4, 0.5) is 10.1 Å². The molecule has 1 unspecified atom stereocenters. The number of aromatic nitrogens is 3. The number of ether oxygens (including phenoxy) is 1. The molecule has 1 aromatic carbocycles. The number of nitrogens with zero attached hydrogens (tertiary/aromatic N) is 4. The highest BCUT2D eigenvalue weighted by Gasteiger charge is 2.32. The van der Waals surface area contributed by atoms with Crippen molar-refractivity contribution in [3.8, 4) is 11.6 Å². The Morgan fingerprint density at radius 1 is 1.06 bits per heavy atom. The van der Waals surface area contributed by atoms with Gasteiger partial charge < -0.3 is 9.64 Å². The zero-order valence-electron chi connectivity index (χ0n) is 21.2. The van der Waals surface area contributed by atoms with Gasteiger partial charge in [0.15, 0.2) is 0 Å². The average Bonchev–Trinajstić information content (AvgIpc) is 3.23. The number of pyridine rings is 1. The van der Waals surface area contributed by atoms with Crippen LogP contribution in [0.15, 0.2) is 55.0 Å². The van der Waals surface area contributed by atoms with Crippen molar-refractivity contribution in [1.82, 2.24) is 15.0 Å². The van der Waals surface area contributed by atoms with Gasteiger partial charge in [-0.2, -0.15) is 0 Å². The molecule has 1 aliphatic rings.